The molecule has 0 saturated carbocycles. The van der Waals surface area contributed by atoms with Gasteiger partial charge >= 0.3 is 0 Å². The van der Waals surface area contributed by atoms with Gasteiger partial charge in [0.05, 0.1) is 29.5 Å². The van der Waals surface area contributed by atoms with E-state index in [0.29, 0.717) is 23.4 Å². The van der Waals surface area contributed by atoms with Crippen LogP contribution in [0, 0.1) is 10.6 Å². The van der Waals surface area contributed by atoms with Crippen molar-refractivity contribution in [2.75, 3.05) is 0 Å². The average Bonchev–Trinajstić information content (AvgIpc) is 3.09. The molecule has 0 aliphatic carbocycles. The first kappa shape index (κ1) is 19.8. The summed E-state index contributed by atoms with van der Waals surface area (Å²) in [5.41, 5.74) is 5.40. The van der Waals surface area contributed by atoms with Gasteiger partial charge in [0.15, 0.2) is 4.77 Å². The highest BCUT2D eigenvalue weighted by molar-refractivity contribution is 7.71. The number of aromatic amines is 1. The van der Waals surface area contributed by atoms with Crippen LogP contribution in [0.1, 0.15) is 20.3 Å². The molecule has 2 heterocycles. The minimum absolute atomic E-state index is 0.190. The van der Waals surface area contributed by atoms with Crippen LogP contribution in [0.3, 0.4) is 0 Å². The quantitative estimate of drug-likeness (QED) is 0.466. The van der Waals surface area contributed by atoms with E-state index in [4.69, 9.17) is 17.1 Å². The van der Waals surface area contributed by atoms with Gasteiger partial charge in [0.25, 0.3) is 0 Å². The van der Waals surface area contributed by atoms with Gasteiger partial charge < -0.3 is 9.55 Å². The van der Waals surface area contributed by atoms with Crippen LogP contribution in [0.25, 0.3) is 22.6 Å². The topological polar surface area (TPSA) is 84.8 Å². The normalized spacial score (nSPS) is 12.0. The molecule has 2 aromatic heterocycles. The Labute approximate surface area is 166 Å². The molecular weight excluding hydrogens is 381 g/mol. The highest BCUT2D eigenvalue weighted by atomic mass is 32.1. The molecule has 1 atom stereocenters. The van der Waals surface area contributed by atoms with Crippen molar-refractivity contribution in [3.05, 3.63) is 53.4 Å². The second kappa shape index (κ2) is 8.85. The summed E-state index contributed by atoms with van der Waals surface area (Å²) < 4.78 is 15.6. The molecule has 3 aromatic rings. The Balaban J connectivity index is 1.93. The van der Waals surface area contributed by atoms with Crippen LogP contribution in [-0.2, 0) is 16.2 Å². The van der Waals surface area contributed by atoms with Gasteiger partial charge in [-0.1, -0.05) is 0 Å². The van der Waals surface area contributed by atoms with Crippen LogP contribution < -0.4 is 5.48 Å². The van der Waals surface area contributed by atoms with E-state index in [1.165, 1.54) is 19.1 Å². The summed E-state index contributed by atoms with van der Waals surface area (Å²) in [6.07, 6.45) is 3.79. The van der Waals surface area contributed by atoms with E-state index < -0.39 is 0 Å². The summed E-state index contributed by atoms with van der Waals surface area (Å²) in [5, 5.41) is 0. The largest absolute Gasteiger partial charge is 0.329 e. The number of nitrogens with one attached hydrogen (secondary N) is 2. The van der Waals surface area contributed by atoms with Crippen molar-refractivity contribution in [3.63, 3.8) is 0 Å². The van der Waals surface area contributed by atoms with Crippen molar-refractivity contribution in [2.24, 2.45) is 0 Å². The minimum Gasteiger partial charge on any atom is -0.329 e. The van der Waals surface area contributed by atoms with E-state index in [1.54, 1.807) is 24.7 Å². The van der Waals surface area contributed by atoms with Crippen LogP contribution >= 0.6 is 12.2 Å². The molecule has 0 bridgehead atoms. The number of hydroxylamine groups is 1. The first-order chi connectivity index (χ1) is 13.4. The summed E-state index contributed by atoms with van der Waals surface area (Å²) in [5.74, 6) is -0.560. The zero-order valence-electron chi connectivity index (χ0n) is 15.5. The second-order valence-corrected chi connectivity index (χ2v) is 6.69. The number of aromatic nitrogens is 4. The minimum atomic E-state index is -0.308. The van der Waals surface area contributed by atoms with Crippen molar-refractivity contribution >= 4 is 18.1 Å². The maximum Gasteiger partial charge on any atom is 0.240 e. The average molecular weight is 401 g/mol. The number of amides is 1. The van der Waals surface area contributed by atoms with Gasteiger partial charge in [-0.2, -0.15) is 0 Å². The lowest BCUT2D eigenvalue weighted by molar-refractivity contribution is -0.135. The molecule has 9 heteroatoms. The van der Waals surface area contributed by atoms with E-state index in [-0.39, 0.29) is 17.8 Å². The highest BCUT2D eigenvalue weighted by Gasteiger charge is 2.17. The summed E-state index contributed by atoms with van der Waals surface area (Å²) in [6, 6.07) is 7.98. The third-order valence-corrected chi connectivity index (χ3v) is 4.27. The highest BCUT2D eigenvalue weighted by Crippen LogP contribution is 2.30. The van der Waals surface area contributed by atoms with Gasteiger partial charge in [0.2, 0.25) is 5.91 Å². The number of hydrogen-bond donors (Lipinski definition) is 2. The maximum absolute atomic E-state index is 13.3. The molecule has 1 amide bonds. The fourth-order valence-electron chi connectivity index (χ4n) is 2.72. The fourth-order valence-corrected chi connectivity index (χ4v) is 2.89. The predicted molar refractivity (Wildman–Crippen MR) is 105 cm³/mol. The van der Waals surface area contributed by atoms with Gasteiger partial charge in [-0.3, -0.25) is 9.63 Å². The third kappa shape index (κ3) is 4.87. The van der Waals surface area contributed by atoms with Crippen LogP contribution in [0.5, 0.6) is 0 Å². The van der Waals surface area contributed by atoms with Crippen LogP contribution in [-0.4, -0.2) is 31.5 Å². The van der Waals surface area contributed by atoms with Gasteiger partial charge in [0, 0.05) is 25.2 Å². The van der Waals surface area contributed by atoms with E-state index >= 15 is 0 Å². The number of halogens is 1. The van der Waals surface area contributed by atoms with Crippen molar-refractivity contribution in [3.8, 4) is 22.6 Å². The molecule has 0 radical (unpaired) electrons. The van der Waals surface area contributed by atoms with Crippen molar-refractivity contribution < 1.29 is 14.0 Å². The molecule has 0 saturated heterocycles. The summed E-state index contributed by atoms with van der Waals surface area (Å²) >= 11 is 5.15. The lowest BCUT2D eigenvalue weighted by atomic mass is 10.1. The van der Waals surface area contributed by atoms with Gasteiger partial charge in [-0.15, -0.1) is 0 Å². The Morgan fingerprint density at radius 2 is 2.07 bits per heavy atom. The fraction of sp³-hybridized carbons (Fsp3) is 0.263. The van der Waals surface area contributed by atoms with Gasteiger partial charge in [-0.25, -0.2) is 19.8 Å². The summed E-state index contributed by atoms with van der Waals surface area (Å²) in [6.45, 7) is 3.85. The number of carbonyl (C=O) groups excluding carboxylic acids is 1. The maximum atomic E-state index is 13.3. The number of rotatable bonds is 7. The number of nitrogens with zero attached hydrogens (tertiary/aromatic N) is 3. The second-order valence-electron chi connectivity index (χ2n) is 6.31. The van der Waals surface area contributed by atoms with Crippen molar-refractivity contribution in [1.29, 1.82) is 0 Å². The van der Waals surface area contributed by atoms with E-state index in [1.807, 2.05) is 17.6 Å². The van der Waals surface area contributed by atoms with Crippen LogP contribution in [0.4, 0.5) is 4.39 Å². The lowest BCUT2D eigenvalue weighted by Gasteiger charge is -2.15. The molecule has 146 valence electrons. The summed E-state index contributed by atoms with van der Waals surface area (Å²) in [7, 11) is 0. The molecule has 1 unspecified atom stereocenters. The van der Waals surface area contributed by atoms with E-state index in [2.05, 4.69) is 20.4 Å². The smallest absolute Gasteiger partial charge is 0.240 e. The molecule has 2 N–H and O–H groups in total. The first-order valence-corrected chi connectivity index (χ1v) is 9.14. The third-order valence-electron chi connectivity index (χ3n) is 4.07. The zero-order chi connectivity index (χ0) is 20.1. The molecule has 0 aliphatic rings. The lowest BCUT2D eigenvalue weighted by Crippen LogP contribution is -2.26. The molecular formula is C19H20FN5O2S. The van der Waals surface area contributed by atoms with Crippen molar-refractivity contribution in [1.82, 2.24) is 25.0 Å². The van der Waals surface area contributed by atoms with E-state index in [0.717, 1.165) is 17.0 Å². The van der Waals surface area contributed by atoms with E-state index in [9.17, 15) is 9.18 Å². The predicted octanol–water partition coefficient (Wildman–Crippen LogP) is 3.66. The molecule has 0 aliphatic heterocycles. The number of H-pyrrole nitrogens is 1. The Morgan fingerprint density at radius 1 is 1.32 bits per heavy atom. The molecule has 28 heavy (non-hydrogen) atoms. The van der Waals surface area contributed by atoms with Crippen molar-refractivity contribution in [2.45, 2.75) is 32.9 Å². The monoisotopic (exact) mass is 401 g/mol. The molecule has 1 aromatic carbocycles. The number of benzene rings is 1. The number of aryl methyl sites for hydroxylation is 1. The van der Waals surface area contributed by atoms with Gasteiger partial charge in [-0.05, 0) is 55.9 Å². The molecule has 3 rings (SSSR count). The molecule has 0 fully saturated rings. The molecule has 0 spiro atoms. The number of hydrogen-bond acceptors (Lipinski definition) is 5. The standard InChI is InChI=1S/C19H20FN5O2S/c1-12(27-24-13(2)26)8-10-25-11-22-17(14-3-5-15(20)6-4-14)18(25)16-7-9-21-19(28)23-16/h3-7,9,11-12H,8,10H2,1-2H3,(H,24,26)(H,21,23,28). The molecule has 7 nitrogen and oxygen atoms in total. The summed E-state index contributed by atoms with van der Waals surface area (Å²) in [4.78, 5) is 27.9. The Kier molecular flexibility index (Phi) is 6.27. The number of imidazole rings is 1. The number of carbonyl (C=O) groups is 1. The first-order valence-electron chi connectivity index (χ1n) is 8.73. The van der Waals surface area contributed by atoms with Gasteiger partial charge in [0.1, 0.15) is 5.82 Å². The zero-order valence-corrected chi connectivity index (χ0v) is 16.3. The Hall–Kier alpha value is -2.91. The Bertz CT molecular complexity index is 1020. The Morgan fingerprint density at radius 3 is 2.75 bits per heavy atom. The van der Waals surface area contributed by atoms with Crippen LogP contribution in [0.2, 0.25) is 0 Å². The van der Waals surface area contributed by atoms with Crippen LogP contribution in [0.15, 0.2) is 42.9 Å². The SMILES string of the molecule is CC(=O)NOC(C)CCn1cnc(-c2ccc(F)cc2)c1-c1ccnc(=S)[nH]1.